The fourth-order valence-corrected chi connectivity index (χ4v) is 2.66. The molecule has 128 valence electrons. The molecule has 1 aliphatic rings. The van der Waals surface area contributed by atoms with Gasteiger partial charge in [-0.3, -0.25) is 14.4 Å². The molecule has 3 N–H and O–H groups in total. The summed E-state index contributed by atoms with van der Waals surface area (Å²) in [7, 11) is 0. The van der Waals surface area contributed by atoms with Crippen LogP contribution in [0.4, 0.5) is 5.69 Å². The number of carboxylic acids is 1. The van der Waals surface area contributed by atoms with E-state index in [4.69, 9.17) is 0 Å². The smallest absolute Gasteiger partial charge is 0.307 e. The van der Waals surface area contributed by atoms with Crippen LogP contribution in [0.5, 0.6) is 0 Å². The lowest BCUT2D eigenvalue weighted by Crippen LogP contribution is -2.34. The Morgan fingerprint density at radius 1 is 1.08 bits per heavy atom. The number of aliphatic carboxylic acids is 1. The van der Waals surface area contributed by atoms with Crippen LogP contribution in [0.25, 0.3) is 0 Å². The molecule has 0 fully saturated rings. The summed E-state index contributed by atoms with van der Waals surface area (Å²) in [5, 5.41) is 14.8. The Hall–Kier alpha value is -2.63. The highest BCUT2D eigenvalue weighted by Crippen LogP contribution is 2.27. The van der Waals surface area contributed by atoms with Gasteiger partial charge in [-0.2, -0.15) is 0 Å². The van der Waals surface area contributed by atoms with E-state index >= 15 is 0 Å². The number of anilines is 1. The van der Waals surface area contributed by atoms with Gasteiger partial charge in [0.1, 0.15) is 0 Å². The maximum Gasteiger partial charge on any atom is 0.307 e. The first-order valence-electron chi connectivity index (χ1n) is 8.10. The molecule has 0 aliphatic heterocycles. The Bertz CT molecular complexity index is 637. The first-order chi connectivity index (χ1) is 11.5. The SMILES string of the molecule is CCCNC(=O)c1ccc(NC(=O)[C@@H]2CC=CC[C@H]2C(=O)O)cc1. The van der Waals surface area contributed by atoms with Crippen molar-refractivity contribution in [1.82, 2.24) is 5.32 Å². The van der Waals surface area contributed by atoms with Crippen LogP contribution in [-0.2, 0) is 9.59 Å². The summed E-state index contributed by atoms with van der Waals surface area (Å²) in [5.74, 6) is -2.70. The molecule has 0 aromatic heterocycles. The number of nitrogens with one attached hydrogen (secondary N) is 2. The number of hydrogen-bond acceptors (Lipinski definition) is 3. The predicted molar refractivity (Wildman–Crippen MR) is 90.7 cm³/mol. The molecule has 0 saturated heterocycles. The summed E-state index contributed by atoms with van der Waals surface area (Å²) in [6.45, 7) is 2.59. The van der Waals surface area contributed by atoms with Gasteiger partial charge in [0.25, 0.3) is 5.91 Å². The minimum atomic E-state index is -0.956. The second kappa shape index (κ2) is 8.29. The van der Waals surface area contributed by atoms with E-state index in [-0.39, 0.29) is 11.8 Å². The third-order valence-corrected chi connectivity index (χ3v) is 4.04. The van der Waals surface area contributed by atoms with Crippen LogP contribution in [0.1, 0.15) is 36.5 Å². The molecule has 0 heterocycles. The number of hydrogen-bond donors (Lipinski definition) is 3. The average Bonchev–Trinajstić information content (AvgIpc) is 2.60. The molecular weight excluding hydrogens is 308 g/mol. The number of carboxylic acid groups (broad SMARTS) is 1. The quantitative estimate of drug-likeness (QED) is 0.698. The summed E-state index contributed by atoms with van der Waals surface area (Å²) in [4.78, 5) is 35.5. The Labute approximate surface area is 140 Å². The molecule has 2 rings (SSSR count). The van der Waals surface area contributed by atoms with Crippen molar-refractivity contribution in [3.63, 3.8) is 0 Å². The normalized spacial score (nSPS) is 19.5. The molecule has 2 atom stereocenters. The molecule has 0 saturated carbocycles. The van der Waals surface area contributed by atoms with E-state index in [1.165, 1.54) is 0 Å². The van der Waals surface area contributed by atoms with Gasteiger partial charge in [0.15, 0.2) is 0 Å². The van der Waals surface area contributed by atoms with Crippen molar-refractivity contribution in [2.75, 3.05) is 11.9 Å². The first-order valence-corrected chi connectivity index (χ1v) is 8.10. The van der Waals surface area contributed by atoms with Crippen LogP contribution in [0.3, 0.4) is 0 Å². The van der Waals surface area contributed by atoms with Crippen LogP contribution in [0.15, 0.2) is 36.4 Å². The minimum absolute atomic E-state index is 0.155. The maximum atomic E-state index is 12.4. The summed E-state index contributed by atoms with van der Waals surface area (Å²) < 4.78 is 0. The number of benzene rings is 1. The van der Waals surface area contributed by atoms with Crippen LogP contribution in [0.2, 0.25) is 0 Å². The molecule has 0 unspecified atom stereocenters. The second-order valence-corrected chi connectivity index (χ2v) is 5.82. The number of carbonyl (C=O) groups excluding carboxylic acids is 2. The molecule has 0 spiro atoms. The average molecular weight is 330 g/mol. The minimum Gasteiger partial charge on any atom is -0.481 e. The van der Waals surface area contributed by atoms with E-state index in [1.54, 1.807) is 30.3 Å². The topological polar surface area (TPSA) is 95.5 Å². The Morgan fingerprint density at radius 3 is 2.29 bits per heavy atom. The van der Waals surface area contributed by atoms with E-state index in [9.17, 15) is 19.5 Å². The van der Waals surface area contributed by atoms with E-state index in [2.05, 4.69) is 10.6 Å². The number of carbonyl (C=O) groups is 3. The van der Waals surface area contributed by atoms with Gasteiger partial charge in [0, 0.05) is 17.8 Å². The molecule has 6 nitrogen and oxygen atoms in total. The molecule has 1 aromatic carbocycles. The molecule has 0 bridgehead atoms. The van der Waals surface area contributed by atoms with E-state index < -0.39 is 17.8 Å². The lowest BCUT2D eigenvalue weighted by Gasteiger charge is -2.24. The van der Waals surface area contributed by atoms with Crippen molar-refractivity contribution < 1.29 is 19.5 Å². The third kappa shape index (κ3) is 4.44. The van der Waals surface area contributed by atoms with Crippen molar-refractivity contribution in [3.8, 4) is 0 Å². The van der Waals surface area contributed by atoms with Gasteiger partial charge < -0.3 is 15.7 Å². The molecule has 0 radical (unpaired) electrons. The summed E-state index contributed by atoms with van der Waals surface area (Å²) >= 11 is 0. The largest absolute Gasteiger partial charge is 0.481 e. The molecular formula is C18H22N2O4. The first kappa shape index (κ1) is 17.7. The monoisotopic (exact) mass is 330 g/mol. The molecule has 24 heavy (non-hydrogen) atoms. The van der Waals surface area contributed by atoms with E-state index in [1.807, 2.05) is 13.0 Å². The van der Waals surface area contributed by atoms with Crippen molar-refractivity contribution in [1.29, 1.82) is 0 Å². The van der Waals surface area contributed by atoms with Crippen molar-refractivity contribution in [2.24, 2.45) is 11.8 Å². The second-order valence-electron chi connectivity index (χ2n) is 5.82. The summed E-state index contributed by atoms with van der Waals surface area (Å²) in [6.07, 6.45) is 5.28. The summed E-state index contributed by atoms with van der Waals surface area (Å²) in [5.41, 5.74) is 1.07. The van der Waals surface area contributed by atoms with Gasteiger partial charge in [0.2, 0.25) is 5.91 Å². The summed E-state index contributed by atoms with van der Waals surface area (Å²) in [6, 6.07) is 6.56. The van der Waals surface area contributed by atoms with Gasteiger partial charge in [-0.05, 0) is 43.5 Å². The highest BCUT2D eigenvalue weighted by atomic mass is 16.4. The highest BCUT2D eigenvalue weighted by molar-refractivity contribution is 5.97. The fraction of sp³-hybridized carbons (Fsp3) is 0.389. The molecule has 1 aromatic rings. The lowest BCUT2D eigenvalue weighted by atomic mass is 9.82. The zero-order chi connectivity index (χ0) is 17.5. The Morgan fingerprint density at radius 2 is 1.71 bits per heavy atom. The van der Waals surface area contributed by atoms with Gasteiger partial charge in [-0.25, -0.2) is 0 Å². The maximum absolute atomic E-state index is 12.4. The van der Waals surface area contributed by atoms with Crippen LogP contribution >= 0.6 is 0 Å². The van der Waals surface area contributed by atoms with Crippen LogP contribution in [0, 0.1) is 11.8 Å². The zero-order valence-electron chi connectivity index (χ0n) is 13.6. The van der Waals surface area contributed by atoms with Gasteiger partial charge >= 0.3 is 5.97 Å². The highest BCUT2D eigenvalue weighted by Gasteiger charge is 2.33. The van der Waals surface area contributed by atoms with E-state index in [0.29, 0.717) is 30.6 Å². The number of rotatable bonds is 6. The van der Waals surface area contributed by atoms with Gasteiger partial charge in [-0.1, -0.05) is 19.1 Å². The standard InChI is InChI=1S/C18H22N2O4/c1-2-11-19-16(21)12-7-9-13(10-8-12)20-17(22)14-5-3-4-6-15(14)18(23)24/h3-4,7-10,14-15H,2,5-6,11H2,1H3,(H,19,21)(H,20,22)(H,23,24)/t14-,15-/m1/s1. The van der Waals surface area contributed by atoms with E-state index in [0.717, 1.165) is 6.42 Å². The Kier molecular flexibility index (Phi) is 6.12. The van der Waals surface area contributed by atoms with Crippen molar-refractivity contribution in [3.05, 3.63) is 42.0 Å². The molecule has 6 heteroatoms. The van der Waals surface area contributed by atoms with Crippen molar-refractivity contribution in [2.45, 2.75) is 26.2 Å². The van der Waals surface area contributed by atoms with Crippen LogP contribution in [-0.4, -0.2) is 29.4 Å². The van der Waals surface area contributed by atoms with Gasteiger partial charge in [0.05, 0.1) is 11.8 Å². The number of allylic oxidation sites excluding steroid dienone is 2. The third-order valence-electron chi connectivity index (χ3n) is 4.04. The van der Waals surface area contributed by atoms with Crippen LogP contribution < -0.4 is 10.6 Å². The van der Waals surface area contributed by atoms with Gasteiger partial charge in [-0.15, -0.1) is 0 Å². The zero-order valence-corrected chi connectivity index (χ0v) is 13.6. The molecule has 1 aliphatic carbocycles. The predicted octanol–water partition coefficient (Wildman–Crippen LogP) is 2.43. The molecule has 2 amide bonds. The Balaban J connectivity index is 2.00. The number of amides is 2. The fourth-order valence-electron chi connectivity index (χ4n) is 2.66. The lowest BCUT2D eigenvalue weighted by molar-refractivity contribution is -0.146. The van der Waals surface area contributed by atoms with Crippen molar-refractivity contribution >= 4 is 23.5 Å².